The van der Waals surface area contributed by atoms with Gasteiger partial charge in [0, 0.05) is 6.54 Å². The molecule has 0 amide bonds. The first kappa shape index (κ1) is 7.35. The number of hydrogen-bond donors (Lipinski definition) is 1. The zero-order valence-electron chi connectivity index (χ0n) is 4.39. The summed E-state index contributed by atoms with van der Waals surface area (Å²) in [5.41, 5.74) is 5.14. The van der Waals surface area contributed by atoms with Crippen LogP contribution in [0.2, 0.25) is 0 Å². The molecule has 0 saturated carbocycles. The summed E-state index contributed by atoms with van der Waals surface area (Å²) in [4.78, 5) is 0. The van der Waals surface area contributed by atoms with Crippen LogP contribution in [-0.4, -0.2) is 25.9 Å². The largest absolute Gasteiger partial charge is 0.380 e. The monoisotopic (exact) mass is 121 g/mol. The third-order valence-electron chi connectivity index (χ3n) is 0.524. The maximum atomic E-state index is 5.14. The Morgan fingerprint density at radius 3 is 2.57 bits per heavy atom. The number of hydrogen-bond acceptors (Lipinski definition) is 2. The fourth-order valence-electron chi connectivity index (χ4n) is 0.269. The maximum Gasteiger partial charge on any atom is 0.0588 e. The minimum atomic E-state index is 0.630. The minimum Gasteiger partial charge on any atom is -0.380 e. The summed E-state index contributed by atoms with van der Waals surface area (Å²) in [6, 6.07) is 0. The average Bonchev–Trinajstić information content (AvgIpc) is 1.69. The predicted octanol–water partition coefficient (Wildman–Crippen LogP) is -0.163. The summed E-state index contributed by atoms with van der Waals surface area (Å²) < 4.78 is 4.99. The van der Waals surface area contributed by atoms with Gasteiger partial charge >= 0.3 is 0 Å². The third-order valence-corrected chi connectivity index (χ3v) is 0.760. The van der Waals surface area contributed by atoms with Crippen molar-refractivity contribution in [3.63, 3.8) is 0 Å². The van der Waals surface area contributed by atoms with Crippen LogP contribution in [0.1, 0.15) is 0 Å². The highest BCUT2D eigenvalue weighted by atomic mass is 31.0. The van der Waals surface area contributed by atoms with E-state index >= 15 is 0 Å². The third kappa shape index (κ3) is 6.35. The van der Waals surface area contributed by atoms with Crippen molar-refractivity contribution >= 4 is 9.24 Å². The molecule has 0 aliphatic rings. The van der Waals surface area contributed by atoms with Gasteiger partial charge in [-0.05, 0) is 6.16 Å². The molecule has 7 heavy (non-hydrogen) atoms. The van der Waals surface area contributed by atoms with E-state index in [2.05, 4.69) is 9.24 Å². The van der Waals surface area contributed by atoms with Gasteiger partial charge in [0.05, 0.1) is 13.2 Å². The van der Waals surface area contributed by atoms with Crippen LogP contribution >= 0.6 is 9.24 Å². The Morgan fingerprint density at radius 1 is 1.43 bits per heavy atom. The highest BCUT2D eigenvalue weighted by Crippen LogP contribution is 1.79. The molecule has 0 aromatic rings. The van der Waals surface area contributed by atoms with Crippen molar-refractivity contribution in [3.8, 4) is 0 Å². The Morgan fingerprint density at radius 2 is 2.14 bits per heavy atom. The number of nitrogens with two attached hydrogens (primary N) is 1. The summed E-state index contributed by atoms with van der Waals surface area (Å²) in [6.07, 6.45) is 1.00. The van der Waals surface area contributed by atoms with Crippen LogP contribution in [0.3, 0.4) is 0 Å². The van der Waals surface area contributed by atoms with Crippen molar-refractivity contribution in [2.45, 2.75) is 0 Å². The average molecular weight is 121 g/mol. The van der Waals surface area contributed by atoms with Gasteiger partial charge in [-0.15, -0.1) is 9.24 Å². The van der Waals surface area contributed by atoms with Crippen molar-refractivity contribution in [3.05, 3.63) is 0 Å². The molecule has 0 spiro atoms. The van der Waals surface area contributed by atoms with Crippen LogP contribution in [0.15, 0.2) is 0 Å². The Hall–Kier alpha value is 0.350. The minimum absolute atomic E-state index is 0.630. The van der Waals surface area contributed by atoms with E-state index in [1.807, 2.05) is 0 Å². The molecule has 0 bridgehead atoms. The number of ether oxygens (including phenoxy) is 1. The van der Waals surface area contributed by atoms with Gasteiger partial charge < -0.3 is 10.5 Å². The lowest BCUT2D eigenvalue weighted by molar-refractivity contribution is 0.158. The zero-order valence-corrected chi connectivity index (χ0v) is 5.55. The maximum absolute atomic E-state index is 5.14. The van der Waals surface area contributed by atoms with Gasteiger partial charge in [-0.1, -0.05) is 0 Å². The smallest absolute Gasteiger partial charge is 0.0588 e. The van der Waals surface area contributed by atoms with Gasteiger partial charge in [0.1, 0.15) is 0 Å². The van der Waals surface area contributed by atoms with Crippen LogP contribution in [0.25, 0.3) is 0 Å². The summed E-state index contributed by atoms with van der Waals surface area (Å²) in [6.45, 7) is 2.13. The van der Waals surface area contributed by atoms with Crippen LogP contribution in [0.4, 0.5) is 0 Å². The molecular weight excluding hydrogens is 109 g/mol. The first-order valence-electron chi connectivity index (χ1n) is 2.39. The molecule has 0 heterocycles. The molecule has 0 fully saturated rings. The Kier molecular flexibility index (Phi) is 6.67. The molecule has 2 N–H and O–H groups in total. The molecule has 3 heteroatoms. The van der Waals surface area contributed by atoms with Gasteiger partial charge in [-0.25, -0.2) is 0 Å². The SMILES string of the molecule is NCCOCCP. The number of rotatable bonds is 4. The first-order chi connectivity index (χ1) is 3.41. The summed E-state index contributed by atoms with van der Waals surface area (Å²) in [5.74, 6) is 0. The summed E-state index contributed by atoms with van der Waals surface area (Å²) in [7, 11) is 2.58. The molecule has 0 rings (SSSR count). The van der Waals surface area contributed by atoms with Gasteiger partial charge in [0.15, 0.2) is 0 Å². The second kappa shape index (κ2) is 6.35. The zero-order chi connectivity index (χ0) is 5.54. The fraction of sp³-hybridized carbons (Fsp3) is 1.00. The molecule has 0 aromatic heterocycles. The molecule has 2 nitrogen and oxygen atoms in total. The Balaban J connectivity index is 2.45. The highest BCUT2D eigenvalue weighted by Gasteiger charge is 1.77. The van der Waals surface area contributed by atoms with E-state index in [1.54, 1.807) is 0 Å². The van der Waals surface area contributed by atoms with Gasteiger partial charge in [-0.2, -0.15) is 0 Å². The standard InChI is InChI=1S/C4H12NOP/c5-1-2-6-3-4-7/h1-5,7H2. The van der Waals surface area contributed by atoms with E-state index < -0.39 is 0 Å². The molecular formula is C4H12NOP. The topological polar surface area (TPSA) is 35.2 Å². The van der Waals surface area contributed by atoms with Crippen molar-refractivity contribution in [1.82, 2.24) is 0 Å². The lowest BCUT2D eigenvalue weighted by Gasteiger charge is -1.95. The van der Waals surface area contributed by atoms with E-state index in [0.29, 0.717) is 13.2 Å². The van der Waals surface area contributed by atoms with E-state index in [4.69, 9.17) is 10.5 Å². The predicted molar refractivity (Wildman–Crippen MR) is 34.5 cm³/mol. The highest BCUT2D eigenvalue weighted by molar-refractivity contribution is 7.16. The molecule has 44 valence electrons. The Labute approximate surface area is 46.6 Å². The summed E-state index contributed by atoms with van der Waals surface area (Å²) >= 11 is 0. The van der Waals surface area contributed by atoms with Crippen LogP contribution in [0, 0.1) is 0 Å². The van der Waals surface area contributed by atoms with Crippen molar-refractivity contribution in [1.29, 1.82) is 0 Å². The normalized spacial score (nSPS) is 9.43. The fourth-order valence-corrected chi connectivity index (χ4v) is 0.435. The van der Waals surface area contributed by atoms with Crippen molar-refractivity contribution in [2.75, 3.05) is 25.9 Å². The van der Waals surface area contributed by atoms with Crippen LogP contribution in [-0.2, 0) is 4.74 Å². The first-order valence-corrected chi connectivity index (χ1v) is 3.21. The molecule has 0 aliphatic carbocycles. The lowest BCUT2D eigenvalue weighted by Crippen LogP contribution is -2.09. The molecule has 0 radical (unpaired) electrons. The molecule has 0 aliphatic heterocycles. The van der Waals surface area contributed by atoms with E-state index in [0.717, 1.165) is 12.8 Å². The van der Waals surface area contributed by atoms with Gasteiger partial charge in [0.25, 0.3) is 0 Å². The quantitative estimate of drug-likeness (QED) is 0.414. The van der Waals surface area contributed by atoms with Crippen LogP contribution < -0.4 is 5.73 Å². The van der Waals surface area contributed by atoms with Gasteiger partial charge in [-0.3, -0.25) is 0 Å². The second-order valence-electron chi connectivity index (χ2n) is 1.19. The van der Waals surface area contributed by atoms with E-state index in [1.165, 1.54) is 0 Å². The second-order valence-corrected chi connectivity index (χ2v) is 1.77. The van der Waals surface area contributed by atoms with Gasteiger partial charge in [0.2, 0.25) is 0 Å². The summed E-state index contributed by atoms with van der Waals surface area (Å²) in [5, 5.41) is 0. The molecule has 0 saturated heterocycles. The van der Waals surface area contributed by atoms with E-state index in [9.17, 15) is 0 Å². The molecule has 1 unspecified atom stereocenters. The molecule has 1 atom stereocenters. The lowest BCUT2D eigenvalue weighted by atomic mass is 10.7. The van der Waals surface area contributed by atoms with E-state index in [-0.39, 0.29) is 0 Å². The van der Waals surface area contributed by atoms with Crippen LogP contribution in [0.5, 0.6) is 0 Å². The Bertz CT molecular complexity index is 30.9. The molecule has 0 aromatic carbocycles. The van der Waals surface area contributed by atoms with Crippen molar-refractivity contribution < 1.29 is 4.74 Å². The van der Waals surface area contributed by atoms with Crippen molar-refractivity contribution in [2.24, 2.45) is 5.73 Å².